The van der Waals surface area contributed by atoms with Gasteiger partial charge in [0.15, 0.2) is 5.82 Å². The van der Waals surface area contributed by atoms with Gasteiger partial charge in [0.05, 0.1) is 0 Å². The molecule has 0 aliphatic rings. The Morgan fingerprint density at radius 3 is 3.05 bits per heavy atom. The minimum atomic E-state index is -0.173. The van der Waals surface area contributed by atoms with Gasteiger partial charge in [0.25, 0.3) is 0 Å². The zero-order valence-corrected chi connectivity index (χ0v) is 11.2. The number of aryl methyl sites for hydroxylation is 1. The largest absolute Gasteiger partial charge is 0.399 e. The van der Waals surface area contributed by atoms with Crippen molar-refractivity contribution in [1.29, 1.82) is 0 Å². The summed E-state index contributed by atoms with van der Waals surface area (Å²) < 4.78 is 4.84. The van der Waals surface area contributed by atoms with Crippen LogP contribution >= 0.6 is 0 Å². The first-order chi connectivity index (χ1) is 9.63. The van der Waals surface area contributed by atoms with Crippen LogP contribution in [0.15, 0.2) is 34.9 Å². The van der Waals surface area contributed by atoms with E-state index >= 15 is 0 Å². The second-order valence-corrected chi connectivity index (χ2v) is 4.27. The van der Waals surface area contributed by atoms with Crippen LogP contribution in [0.5, 0.6) is 0 Å². The molecule has 0 atom stereocenters. The number of aromatic nitrogens is 2. The second kappa shape index (κ2) is 6.51. The lowest BCUT2D eigenvalue weighted by atomic mass is 10.2. The summed E-state index contributed by atoms with van der Waals surface area (Å²) in [5.74, 6) is 0.933. The summed E-state index contributed by atoms with van der Waals surface area (Å²) in [4.78, 5) is 15.7. The summed E-state index contributed by atoms with van der Waals surface area (Å²) in [7, 11) is 0. The van der Waals surface area contributed by atoms with Crippen LogP contribution in [0.4, 0.5) is 5.69 Å². The zero-order chi connectivity index (χ0) is 14.4. The van der Waals surface area contributed by atoms with Gasteiger partial charge in [-0.15, -0.1) is 0 Å². The molecule has 0 aliphatic carbocycles. The van der Waals surface area contributed by atoms with E-state index in [9.17, 15) is 4.79 Å². The Balaban J connectivity index is 1.78. The fraction of sp³-hybridized carbons (Fsp3) is 0.214. The SMILES string of the molecule is Cc1nc(CCNC(=O)/C=C/c2cccc(N)c2)no1. The number of hydrogen-bond donors (Lipinski definition) is 2. The summed E-state index contributed by atoms with van der Waals surface area (Å²) in [6.07, 6.45) is 3.72. The molecule has 0 unspecified atom stereocenters. The number of nitrogens with zero attached hydrogens (tertiary/aromatic N) is 2. The molecule has 1 aromatic carbocycles. The third kappa shape index (κ3) is 4.24. The van der Waals surface area contributed by atoms with Gasteiger partial charge in [-0.05, 0) is 23.8 Å². The lowest BCUT2D eigenvalue weighted by Gasteiger charge is -1.99. The van der Waals surface area contributed by atoms with Gasteiger partial charge in [-0.25, -0.2) is 0 Å². The summed E-state index contributed by atoms with van der Waals surface area (Å²) in [5.41, 5.74) is 7.20. The number of nitrogen functional groups attached to an aromatic ring is 1. The normalized spacial score (nSPS) is 10.8. The van der Waals surface area contributed by atoms with E-state index in [2.05, 4.69) is 15.5 Å². The molecule has 0 fully saturated rings. The molecule has 6 nitrogen and oxygen atoms in total. The average Bonchev–Trinajstić information content (AvgIpc) is 2.82. The van der Waals surface area contributed by atoms with E-state index in [4.69, 9.17) is 10.3 Å². The van der Waals surface area contributed by atoms with Gasteiger partial charge < -0.3 is 15.6 Å². The van der Waals surface area contributed by atoms with Crippen molar-refractivity contribution in [3.63, 3.8) is 0 Å². The van der Waals surface area contributed by atoms with Crippen molar-refractivity contribution in [2.45, 2.75) is 13.3 Å². The number of carbonyl (C=O) groups is 1. The molecule has 20 heavy (non-hydrogen) atoms. The molecule has 0 saturated heterocycles. The highest BCUT2D eigenvalue weighted by atomic mass is 16.5. The maximum Gasteiger partial charge on any atom is 0.244 e. The molecule has 1 amide bonds. The minimum Gasteiger partial charge on any atom is -0.399 e. The highest BCUT2D eigenvalue weighted by molar-refractivity contribution is 5.91. The van der Waals surface area contributed by atoms with Crippen LogP contribution in [0.1, 0.15) is 17.3 Å². The summed E-state index contributed by atoms with van der Waals surface area (Å²) in [6.45, 7) is 2.18. The quantitative estimate of drug-likeness (QED) is 0.632. The van der Waals surface area contributed by atoms with Crippen LogP contribution < -0.4 is 11.1 Å². The molecular weight excluding hydrogens is 256 g/mol. The van der Waals surface area contributed by atoms with Gasteiger partial charge in [0, 0.05) is 31.7 Å². The average molecular weight is 272 g/mol. The lowest BCUT2D eigenvalue weighted by Crippen LogP contribution is -2.23. The van der Waals surface area contributed by atoms with Gasteiger partial charge in [-0.3, -0.25) is 4.79 Å². The smallest absolute Gasteiger partial charge is 0.244 e. The fourth-order valence-corrected chi connectivity index (χ4v) is 1.63. The second-order valence-electron chi connectivity index (χ2n) is 4.27. The van der Waals surface area contributed by atoms with Crippen molar-refractivity contribution in [2.75, 3.05) is 12.3 Å². The Labute approximate surface area is 116 Å². The van der Waals surface area contributed by atoms with E-state index in [0.29, 0.717) is 30.4 Å². The topological polar surface area (TPSA) is 94.0 Å². The molecule has 0 aliphatic heterocycles. The van der Waals surface area contributed by atoms with Gasteiger partial charge in [0.1, 0.15) is 0 Å². The van der Waals surface area contributed by atoms with Crippen molar-refractivity contribution < 1.29 is 9.32 Å². The van der Waals surface area contributed by atoms with Crippen LogP contribution in [-0.2, 0) is 11.2 Å². The predicted octanol–water partition coefficient (Wildman–Crippen LogP) is 1.33. The Kier molecular flexibility index (Phi) is 4.49. The molecule has 1 aromatic heterocycles. The van der Waals surface area contributed by atoms with Gasteiger partial charge in [-0.1, -0.05) is 17.3 Å². The van der Waals surface area contributed by atoms with E-state index in [1.807, 2.05) is 12.1 Å². The number of amides is 1. The van der Waals surface area contributed by atoms with E-state index in [-0.39, 0.29) is 5.91 Å². The van der Waals surface area contributed by atoms with Crippen molar-refractivity contribution in [1.82, 2.24) is 15.5 Å². The Morgan fingerprint density at radius 2 is 2.35 bits per heavy atom. The molecule has 0 saturated carbocycles. The van der Waals surface area contributed by atoms with Crippen LogP contribution in [-0.4, -0.2) is 22.6 Å². The molecule has 3 N–H and O–H groups in total. The van der Waals surface area contributed by atoms with Crippen LogP contribution in [0, 0.1) is 6.92 Å². The van der Waals surface area contributed by atoms with Crippen LogP contribution in [0.3, 0.4) is 0 Å². The molecule has 104 valence electrons. The number of benzene rings is 1. The molecular formula is C14H16N4O2. The van der Waals surface area contributed by atoms with Crippen LogP contribution in [0.2, 0.25) is 0 Å². The highest BCUT2D eigenvalue weighted by Crippen LogP contribution is 2.07. The van der Waals surface area contributed by atoms with E-state index in [1.54, 1.807) is 25.1 Å². The first kappa shape index (κ1) is 13.8. The summed E-state index contributed by atoms with van der Waals surface area (Å²) >= 11 is 0. The molecule has 0 bridgehead atoms. The van der Waals surface area contributed by atoms with Crippen molar-refractivity contribution in [2.24, 2.45) is 0 Å². The van der Waals surface area contributed by atoms with Crippen molar-refractivity contribution in [3.8, 4) is 0 Å². The monoisotopic (exact) mass is 272 g/mol. The standard InChI is InChI=1S/C14H16N4O2/c1-10-17-13(18-20-10)7-8-16-14(19)6-5-11-3-2-4-12(15)9-11/h2-6,9H,7-8,15H2,1H3,(H,16,19)/b6-5+. The highest BCUT2D eigenvalue weighted by Gasteiger charge is 2.02. The third-order valence-corrected chi connectivity index (χ3v) is 2.56. The molecule has 0 radical (unpaired) electrons. The minimum absolute atomic E-state index is 0.173. The number of rotatable bonds is 5. The fourth-order valence-electron chi connectivity index (χ4n) is 1.63. The van der Waals surface area contributed by atoms with Gasteiger partial charge in [-0.2, -0.15) is 4.98 Å². The van der Waals surface area contributed by atoms with Crippen molar-refractivity contribution >= 4 is 17.7 Å². The van der Waals surface area contributed by atoms with E-state index in [1.165, 1.54) is 6.08 Å². The van der Waals surface area contributed by atoms with Crippen LogP contribution in [0.25, 0.3) is 6.08 Å². The number of nitrogens with one attached hydrogen (secondary N) is 1. The first-order valence-corrected chi connectivity index (χ1v) is 6.24. The predicted molar refractivity (Wildman–Crippen MR) is 75.6 cm³/mol. The number of anilines is 1. The molecule has 2 aromatic rings. The molecule has 2 rings (SSSR count). The van der Waals surface area contributed by atoms with Gasteiger partial charge >= 0.3 is 0 Å². The third-order valence-electron chi connectivity index (χ3n) is 2.56. The number of carbonyl (C=O) groups excluding carboxylic acids is 1. The number of hydrogen-bond acceptors (Lipinski definition) is 5. The summed E-state index contributed by atoms with van der Waals surface area (Å²) in [5, 5.41) is 6.49. The Bertz CT molecular complexity index is 619. The molecule has 0 spiro atoms. The number of nitrogens with two attached hydrogens (primary N) is 1. The van der Waals surface area contributed by atoms with E-state index in [0.717, 1.165) is 5.56 Å². The molecule has 1 heterocycles. The molecule has 6 heteroatoms. The van der Waals surface area contributed by atoms with Crippen molar-refractivity contribution in [3.05, 3.63) is 47.6 Å². The summed E-state index contributed by atoms with van der Waals surface area (Å²) in [6, 6.07) is 7.31. The lowest BCUT2D eigenvalue weighted by molar-refractivity contribution is -0.116. The maximum absolute atomic E-state index is 11.6. The Morgan fingerprint density at radius 1 is 1.50 bits per heavy atom. The maximum atomic E-state index is 11.6. The van der Waals surface area contributed by atoms with Gasteiger partial charge in [0.2, 0.25) is 11.8 Å². The zero-order valence-electron chi connectivity index (χ0n) is 11.2. The Hall–Kier alpha value is -2.63. The van der Waals surface area contributed by atoms with E-state index < -0.39 is 0 Å². The first-order valence-electron chi connectivity index (χ1n) is 6.24.